The first kappa shape index (κ1) is 35.8. The summed E-state index contributed by atoms with van der Waals surface area (Å²) in [7, 11) is 0.664. The Hall–Kier alpha value is -2.71. The van der Waals surface area contributed by atoms with Crippen LogP contribution in [0.5, 0.6) is 0 Å². The van der Waals surface area contributed by atoms with Crippen LogP contribution in [0.2, 0.25) is 51.4 Å². The molecule has 0 spiro atoms. The van der Waals surface area contributed by atoms with Crippen molar-refractivity contribution in [1.29, 1.82) is 0 Å². The molecule has 2 heterocycles. The van der Waals surface area contributed by atoms with Gasteiger partial charge in [-0.05, 0) is 61.0 Å². The van der Waals surface area contributed by atoms with Gasteiger partial charge < -0.3 is 28.1 Å². The van der Waals surface area contributed by atoms with Crippen LogP contribution < -0.4 is 0 Å². The molecule has 0 aliphatic rings. The van der Waals surface area contributed by atoms with Gasteiger partial charge in [0.25, 0.3) is 0 Å². The molecule has 0 aliphatic carbocycles. The smallest absolute Gasteiger partial charge is 0.338 e. The van der Waals surface area contributed by atoms with Crippen LogP contribution in [0.3, 0.4) is 0 Å². The molecule has 0 fully saturated rings. The highest BCUT2D eigenvalue weighted by Crippen LogP contribution is 2.27. The molecule has 2 aromatic heterocycles. The Kier molecular flexibility index (Phi) is 12.6. The van der Waals surface area contributed by atoms with Crippen molar-refractivity contribution >= 4 is 65.8 Å². The molecule has 0 atom stereocenters. The maximum absolute atomic E-state index is 11.9. The number of carbonyl (C=O) groups excluding carboxylic acids is 2. The standard InChI is InChI=1S/C17H25NO3Si.C16H22BrNO3Si/c1-13-10-15(17(19)20-2)14-6-7-18(16(14)11-13)12-21-8-9-22(3,4)5;1-20-16(19)14-9-12(17)10-15-13(14)5-6-18(15)11-21-7-8-22(2,3)4/h6-7,10-11H,8-9,12H2,1-5H3;5-6,9-10H,7-8,11H2,1-4H3. The Morgan fingerprint density at radius 2 is 1.14 bits per heavy atom. The Balaban J connectivity index is 0.000000240. The van der Waals surface area contributed by atoms with Crippen LogP contribution in [0, 0.1) is 6.92 Å². The fourth-order valence-electron chi connectivity index (χ4n) is 4.56. The lowest BCUT2D eigenvalue weighted by molar-refractivity contribution is 0.0594. The Labute approximate surface area is 271 Å². The number of benzene rings is 2. The highest BCUT2D eigenvalue weighted by Gasteiger charge is 2.17. The Morgan fingerprint density at radius 1 is 0.705 bits per heavy atom. The van der Waals surface area contributed by atoms with Crippen molar-refractivity contribution < 1.29 is 28.5 Å². The van der Waals surface area contributed by atoms with E-state index < -0.39 is 16.1 Å². The number of hydrogen-bond donors (Lipinski definition) is 0. The van der Waals surface area contributed by atoms with Crippen LogP contribution in [0.25, 0.3) is 21.8 Å². The summed E-state index contributed by atoms with van der Waals surface area (Å²) in [6.07, 6.45) is 3.91. The largest absolute Gasteiger partial charge is 0.465 e. The zero-order valence-electron chi connectivity index (χ0n) is 27.6. The third-order valence-electron chi connectivity index (χ3n) is 7.15. The number of methoxy groups -OCH3 is 2. The first-order chi connectivity index (χ1) is 20.6. The molecule has 0 bridgehead atoms. The van der Waals surface area contributed by atoms with Crippen LogP contribution in [0.1, 0.15) is 26.3 Å². The zero-order chi connectivity index (χ0) is 32.7. The molecule has 0 saturated heterocycles. The number of nitrogens with zero attached hydrogens (tertiary/aromatic N) is 2. The molecule has 0 unspecified atom stereocenters. The molecule has 8 nitrogen and oxygen atoms in total. The number of esters is 2. The summed E-state index contributed by atoms with van der Waals surface area (Å²) >= 11 is 3.45. The van der Waals surface area contributed by atoms with Gasteiger partial charge in [0.15, 0.2) is 0 Å². The Morgan fingerprint density at radius 3 is 1.57 bits per heavy atom. The third-order valence-corrected chi connectivity index (χ3v) is 11.0. The summed E-state index contributed by atoms with van der Waals surface area (Å²) in [5.41, 5.74) is 4.18. The summed E-state index contributed by atoms with van der Waals surface area (Å²) < 4.78 is 26.2. The van der Waals surface area contributed by atoms with Gasteiger partial charge in [0.2, 0.25) is 0 Å². The predicted molar refractivity (Wildman–Crippen MR) is 187 cm³/mol. The monoisotopic (exact) mass is 702 g/mol. The lowest BCUT2D eigenvalue weighted by atomic mass is 10.1. The number of fused-ring (bicyclic) bond motifs is 2. The topological polar surface area (TPSA) is 80.9 Å². The summed E-state index contributed by atoms with van der Waals surface area (Å²) in [5, 5.41) is 1.79. The molecule has 4 rings (SSSR count). The van der Waals surface area contributed by atoms with Crippen LogP contribution in [-0.4, -0.2) is 64.7 Å². The third kappa shape index (κ3) is 10.2. The number of halogens is 1. The highest BCUT2D eigenvalue weighted by atomic mass is 79.9. The van der Waals surface area contributed by atoms with E-state index in [9.17, 15) is 9.59 Å². The molecular formula is C33H47BrN2O6Si2. The molecule has 11 heteroatoms. The van der Waals surface area contributed by atoms with Crippen LogP contribution >= 0.6 is 15.9 Å². The molecule has 44 heavy (non-hydrogen) atoms. The lowest BCUT2D eigenvalue weighted by Crippen LogP contribution is -2.22. The van der Waals surface area contributed by atoms with Crippen molar-refractivity contribution in [1.82, 2.24) is 9.13 Å². The van der Waals surface area contributed by atoms with Crippen LogP contribution in [0.4, 0.5) is 0 Å². The van der Waals surface area contributed by atoms with Gasteiger partial charge in [-0.1, -0.05) is 55.2 Å². The summed E-state index contributed by atoms with van der Waals surface area (Å²) in [6.45, 7) is 18.6. The van der Waals surface area contributed by atoms with Gasteiger partial charge in [-0.15, -0.1) is 0 Å². The van der Waals surface area contributed by atoms with Crippen molar-refractivity contribution in [2.24, 2.45) is 0 Å². The van der Waals surface area contributed by atoms with E-state index in [1.807, 2.05) is 52.7 Å². The van der Waals surface area contributed by atoms with E-state index in [0.717, 1.165) is 57.1 Å². The first-order valence-electron chi connectivity index (χ1n) is 14.8. The molecular weight excluding hydrogens is 656 g/mol. The molecule has 0 N–H and O–H groups in total. The SMILES string of the molecule is COC(=O)c1cc(Br)cc2c1ccn2COCC[Si](C)(C)C.COC(=O)c1cc(C)cc2c1ccn2COCC[Si](C)(C)C. The number of carbonyl (C=O) groups is 2. The van der Waals surface area contributed by atoms with Gasteiger partial charge >= 0.3 is 11.9 Å². The minimum absolute atomic E-state index is 0.300. The van der Waals surface area contributed by atoms with E-state index in [1.54, 1.807) is 6.07 Å². The van der Waals surface area contributed by atoms with Gasteiger partial charge in [0.1, 0.15) is 13.5 Å². The van der Waals surface area contributed by atoms with E-state index in [0.29, 0.717) is 24.6 Å². The van der Waals surface area contributed by atoms with Gasteiger partial charge in [-0.3, -0.25) is 0 Å². The fourth-order valence-corrected chi connectivity index (χ4v) is 6.52. The first-order valence-corrected chi connectivity index (χ1v) is 23.0. The van der Waals surface area contributed by atoms with Gasteiger partial charge in [0, 0.05) is 57.0 Å². The van der Waals surface area contributed by atoms with Crippen LogP contribution in [0.15, 0.2) is 53.3 Å². The van der Waals surface area contributed by atoms with E-state index in [1.165, 1.54) is 14.2 Å². The molecule has 240 valence electrons. The average Bonchev–Trinajstić information content (AvgIpc) is 3.54. The van der Waals surface area contributed by atoms with Crippen molar-refractivity contribution in [3.8, 4) is 0 Å². The molecule has 0 radical (unpaired) electrons. The molecule has 2 aromatic carbocycles. The normalized spacial score (nSPS) is 11.9. The molecule has 0 saturated carbocycles. The second-order valence-electron chi connectivity index (χ2n) is 13.4. The van der Waals surface area contributed by atoms with Gasteiger partial charge in [-0.25, -0.2) is 9.59 Å². The van der Waals surface area contributed by atoms with Crippen molar-refractivity contribution in [2.75, 3.05) is 27.4 Å². The number of aryl methyl sites for hydroxylation is 1. The maximum Gasteiger partial charge on any atom is 0.338 e. The molecule has 0 aliphatic heterocycles. The number of aromatic nitrogens is 2. The van der Waals surface area contributed by atoms with E-state index in [4.69, 9.17) is 18.9 Å². The van der Waals surface area contributed by atoms with E-state index in [2.05, 4.69) is 61.3 Å². The minimum Gasteiger partial charge on any atom is -0.465 e. The minimum atomic E-state index is -1.07. The van der Waals surface area contributed by atoms with Crippen molar-refractivity contribution in [2.45, 2.75) is 71.8 Å². The summed E-state index contributed by atoms with van der Waals surface area (Å²) in [5.74, 6) is -0.630. The predicted octanol–water partition coefficient (Wildman–Crippen LogP) is 8.55. The number of rotatable bonds is 12. The average molecular weight is 704 g/mol. The second kappa shape index (κ2) is 15.5. The van der Waals surface area contributed by atoms with Crippen LogP contribution in [-0.2, 0) is 32.4 Å². The number of ether oxygens (including phenoxy) is 4. The maximum atomic E-state index is 11.9. The summed E-state index contributed by atoms with van der Waals surface area (Å²) in [4.78, 5) is 23.8. The molecule has 0 amide bonds. The Bertz CT molecular complexity index is 1470. The lowest BCUT2D eigenvalue weighted by Gasteiger charge is -2.16. The fraction of sp³-hybridized carbons (Fsp3) is 0.455. The highest BCUT2D eigenvalue weighted by molar-refractivity contribution is 9.10. The quantitative estimate of drug-likeness (QED) is 0.0836. The van der Waals surface area contributed by atoms with Crippen molar-refractivity contribution in [3.63, 3.8) is 0 Å². The van der Waals surface area contributed by atoms with Crippen molar-refractivity contribution in [3.05, 3.63) is 70.0 Å². The van der Waals surface area contributed by atoms with E-state index >= 15 is 0 Å². The molecule has 4 aromatic rings. The summed E-state index contributed by atoms with van der Waals surface area (Å²) in [6, 6.07) is 13.9. The number of hydrogen-bond acceptors (Lipinski definition) is 6. The van der Waals surface area contributed by atoms with Gasteiger partial charge in [-0.2, -0.15) is 0 Å². The van der Waals surface area contributed by atoms with E-state index in [-0.39, 0.29) is 11.9 Å². The van der Waals surface area contributed by atoms with Gasteiger partial charge in [0.05, 0.1) is 36.4 Å². The second-order valence-corrected chi connectivity index (χ2v) is 25.5. The zero-order valence-corrected chi connectivity index (χ0v) is 31.2.